The average molecular weight is 434 g/mol. The molecule has 164 valence electrons. The lowest BCUT2D eigenvalue weighted by molar-refractivity contribution is -0.117. The number of nitrogens with zero attached hydrogens (tertiary/aromatic N) is 3. The van der Waals surface area contributed by atoms with Crippen molar-refractivity contribution in [2.75, 3.05) is 23.5 Å². The van der Waals surface area contributed by atoms with Crippen LogP contribution >= 0.6 is 0 Å². The Morgan fingerprint density at radius 2 is 2.07 bits per heavy atom. The maximum Gasteiger partial charge on any atom is 0.224 e. The number of benzene rings is 1. The molecule has 0 spiro atoms. The molecule has 8 heteroatoms. The molecule has 3 rings (SSSR count). The van der Waals surface area contributed by atoms with Gasteiger partial charge in [0.05, 0.1) is 30.8 Å². The minimum atomic E-state index is -3.06. The van der Waals surface area contributed by atoms with Gasteiger partial charge in [-0.1, -0.05) is 13.8 Å². The Hall–Kier alpha value is -2.35. The van der Waals surface area contributed by atoms with E-state index in [-0.39, 0.29) is 17.7 Å². The zero-order valence-corrected chi connectivity index (χ0v) is 19.2. The summed E-state index contributed by atoms with van der Waals surface area (Å²) in [7, 11) is -3.06. The highest BCUT2D eigenvalue weighted by Gasteiger charge is 2.30. The largest absolute Gasteiger partial charge is 0.492 e. The van der Waals surface area contributed by atoms with Gasteiger partial charge in [0.15, 0.2) is 0 Å². The molecule has 1 aromatic carbocycles. The lowest BCUT2D eigenvalue weighted by Gasteiger charge is -2.36. The van der Waals surface area contributed by atoms with Gasteiger partial charge in [0.1, 0.15) is 15.6 Å². The Balaban J connectivity index is 2.02. The predicted octanol–water partition coefficient (Wildman–Crippen LogP) is 3.32. The molecule has 0 N–H and O–H groups in total. The minimum absolute atomic E-state index is 0.0274. The topological polar surface area (TPSA) is 81.5 Å². The third-order valence-corrected chi connectivity index (χ3v) is 6.21. The van der Waals surface area contributed by atoms with Crippen LogP contribution in [0.1, 0.15) is 39.7 Å². The van der Waals surface area contributed by atoms with Crippen molar-refractivity contribution in [3.63, 3.8) is 0 Å². The molecule has 2 heterocycles. The zero-order valence-electron chi connectivity index (χ0n) is 18.4. The van der Waals surface area contributed by atoms with Gasteiger partial charge in [0.25, 0.3) is 0 Å². The second-order valence-corrected chi connectivity index (χ2v) is 10.8. The van der Waals surface area contributed by atoms with Gasteiger partial charge >= 0.3 is 0 Å². The molecule has 0 fully saturated rings. The normalized spacial score (nSPS) is 16.6. The number of anilines is 1. The molecular formula is C22H31N3O4S. The van der Waals surface area contributed by atoms with E-state index in [4.69, 9.17) is 4.74 Å². The molecule has 1 aliphatic heterocycles. The molecule has 1 aliphatic rings. The molecule has 0 saturated heterocycles. The molecule has 1 amide bonds. The molecule has 0 unspecified atom stereocenters. The van der Waals surface area contributed by atoms with Gasteiger partial charge < -0.3 is 9.64 Å². The highest BCUT2D eigenvalue weighted by atomic mass is 32.2. The van der Waals surface area contributed by atoms with Gasteiger partial charge in [0.2, 0.25) is 5.91 Å². The Morgan fingerprint density at radius 1 is 1.33 bits per heavy atom. The molecule has 1 aromatic heterocycles. The van der Waals surface area contributed by atoms with E-state index in [1.807, 2.05) is 23.2 Å². The Labute approximate surface area is 178 Å². The van der Waals surface area contributed by atoms with E-state index in [9.17, 15) is 13.2 Å². The van der Waals surface area contributed by atoms with Gasteiger partial charge in [-0.05, 0) is 37.8 Å². The number of carbonyl (C=O) groups is 1. The van der Waals surface area contributed by atoms with Gasteiger partial charge in [0, 0.05) is 42.1 Å². The van der Waals surface area contributed by atoms with Gasteiger partial charge in [-0.15, -0.1) is 0 Å². The number of aryl methyl sites for hydroxylation is 1. The third-order valence-electron chi connectivity index (χ3n) is 5.28. The second kappa shape index (κ2) is 8.79. The quantitative estimate of drug-likeness (QED) is 0.669. The summed E-state index contributed by atoms with van der Waals surface area (Å²) < 4.78 is 30.8. The smallest absolute Gasteiger partial charge is 0.224 e. The SMILES string of the molecule is CC(=O)N1c2ccc(-c3cnn(CCS(C)(=O)=O)c3)c(OCC(C)C)c2CC[C@@H]1C. The average Bonchev–Trinajstić information content (AvgIpc) is 3.12. The fourth-order valence-corrected chi connectivity index (χ4v) is 4.33. The summed E-state index contributed by atoms with van der Waals surface area (Å²) in [5.41, 5.74) is 3.75. The number of hydrogen-bond acceptors (Lipinski definition) is 5. The number of carbonyl (C=O) groups excluding carboxylic acids is 1. The fraction of sp³-hybridized carbons (Fsp3) is 0.545. The number of fused-ring (bicyclic) bond motifs is 1. The van der Waals surface area contributed by atoms with E-state index < -0.39 is 9.84 Å². The summed E-state index contributed by atoms with van der Waals surface area (Å²) in [6, 6.07) is 4.11. The summed E-state index contributed by atoms with van der Waals surface area (Å²) in [5.74, 6) is 1.22. The first-order valence-electron chi connectivity index (χ1n) is 10.4. The molecule has 0 radical (unpaired) electrons. The zero-order chi connectivity index (χ0) is 22.1. The molecule has 7 nitrogen and oxygen atoms in total. The van der Waals surface area contributed by atoms with Crippen LogP contribution in [0.25, 0.3) is 11.1 Å². The van der Waals surface area contributed by atoms with Gasteiger partial charge in [-0.3, -0.25) is 9.48 Å². The predicted molar refractivity (Wildman–Crippen MR) is 119 cm³/mol. The van der Waals surface area contributed by atoms with Gasteiger partial charge in [-0.2, -0.15) is 5.10 Å². The van der Waals surface area contributed by atoms with E-state index in [0.29, 0.717) is 19.1 Å². The monoisotopic (exact) mass is 433 g/mol. The van der Waals surface area contributed by atoms with E-state index in [0.717, 1.165) is 41.0 Å². The van der Waals surface area contributed by atoms with Crippen LogP contribution in [-0.2, 0) is 27.6 Å². The van der Waals surface area contributed by atoms with Gasteiger partial charge in [-0.25, -0.2) is 8.42 Å². The van der Waals surface area contributed by atoms with Crippen molar-refractivity contribution in [3.8, 4) is 16.9 Å². The van der Waals surface area contributed by atoms with Crippen LogP contribution in [0.3, 0.4) is 0 Å². The Kier molecular flexibility index (Phi) is 6.55. The molecule has 0 saturated carbocycles. The van der Waals surface area contributed by atoms with Crippen molar-refractivity contribution in [2.45, 2.75) is 53.1 Å². The summed E-state index contributed by atoms with van der Waals surface area (Å²) >= 11 is 0. The minimum Gasteiger partial charge on any atom is -0.492 e. The van der Waals surface area contributed by atoms with Crippen LogP contribution in [0, 0.1) is 5.92 Å². The van der Waals surface area contributed by atoms with Crippen molar-refractivity contribution in [2.24, 2.45) is 5.92 Å². The van der Waals surface area contributed by atoms with Crippen LogP contribution < -0.4 is 9.64 Å². The number of rotatable bonds is 7. The molecule has 1 atom stereocenters. The lowest BCUT2D eigenvalue weighted by atomic mass is 9.92. The second-order valence-electron chi connectivity index (χ2n) is 8.54. The highest BCUT2D eigenvalue weighted by Crippen LogP contribution is 2.43. The van der Waals surface area contributed by atoms with E-state index in [1.165, 1.54) is 6.26 Å². The number of hydrogen-bond donors (Lipinski definition) is 0. The number of amides is 1. The molecule has 30 heavy (non-hydrogen) atoms. The summed E-state index contributed by atoms with van der Waals surface area (Å²) in [5, 5.41) is 4.33. The Morgan fingerprint density at radius 3 is 2.70 bits per heavy atom. The number of aromatic nitrogens is 2. The highest BCUT2D eigenvalue weighted by molar-refractivity contribution is 7.90. The van der Waals surface area contributed by atoms with E-state index >= 15 is 0 Å². The molecule has 2 aromatic rings. The van der Waals surface area contributed by atoms with Crippen LogP contribution in [0.5, 0.6) is 5.75 Å². The lowest BCUT2D eigenvalue weighted by Crippen LogP contribution is -2.40. The maximum absolute atomic E-state index is 12.3. The van der Waals surface area contributed by atoms with E-state index in [1.54, 1.807) is 17.8 Å². The Bertz CT molecular complexity index is 1030. The van der Waals surface area contributed by atoms with E-state index in [2.05, 4.69) is 25.9 Å². The third kappa shape index (κ3) is 5.03. The summed E-state index contributed by atoms with van der Waals surface area (Å²) in [6.45, 7) is 8.74. The van der Waals surface area contributed by atoms with Crippen LogP contribution in [0.2, 0.25) is 0 Å². The van der Waals surface area contributed by atoms with Crippen molar-refractivity contribution >= 4 is 21.4 Å². The van der Waals surface area contributed by atoms with Crippen molar-refractivity contribution in [1.82, 2.24) is 9.78 Å². The van der Waals surface area contributed by atoms with Crippen LogP contribution in [0.4, 0.5) is 5.69 Å². The molecule has 0 aliphatic carbocycles. The summed E-state index contributed by atoms with van der Waals surface area (Å²) in [6.07, 6.45) is 6.52. The first kappa shape index (κ1) is 22.3. The standard InChI is InChI=1S/C22H31N3O4S/c1-15(2)14-29-22-19(18-12-23-24(13-18)10-11-30(5,27)28)8-9-21-20(22)7-6-16(3)25(21)17(4)26/h8-9,12-13,15-16H,6-7,10-11,14H2,1-5H3/t16-/m0/s1. The van der Waals surface area contributed by atoms with Crippen LogP contribution in [0.15, 0.2) is 24.5 Å². The first-order chi connectivity index (χ1) is 14.1. The first-order valence-corrected chi connectivity index (χ1v) is 12.4. The summed E-state index contributed by atoms with van der Waals surface area (Å²) in [4.78, 5) is 14.1. The van der Waals surface area contributed by atoms with Crippen molar-refractivity contribution in [1.29, 1.82) is 0 Å². The number of ether oxygens (including phenoxy) is 1. The maximum atomic E-state index is 12.3. The van der Waals surface area contributed by atoms with Crippen molar-refractivity contribution < 1.29 is 17.9 Å². The number of sulfone groups is 1. The van der Waals surface area contributed by atoms with Crippen LogP contribution in [-0.4, -0.2) is 48.8 Å². The molecule has 0 bridgehead atoms. The molecular weight excluding hydrogens is 402 g/mol. The fourth-order valence-electron chi connectivity index (χ4n) is 3.81. The van der Waals surface area contributed by atoms with Crippen molar-refractivity contribution in [3.05, 3.63) is 30.1 Å².